The van der Waals surface area contributed by atoms with Crippen LogP contribution in [0, 0.1) is 5.92 Å². The van der Waals surface area contributed by atoms with Gasteiger partial charge in [0.15, 0.2) is 0 Å². The molecule has 1 aromatic carbocycles. The van der Waals surface area contributed by atoms with Gasteiger partial charge in [-0.3, -0.25) is 9.78 Å². The van der Waals surface area contributed by atoms with E-state index in [-0.39, 0.29) is 18.0 Å². The molecule has 1 saturated heterocycles. The third-order valence-corrected chi connectivity index (χ3v) is 5.91. The quantitative estimate of drug-likeness (QED) is 0.930. The maximum absolute atomic E-state index is 12.7. The predicted octanol–water partition coefficient (Wildman–Crippen LogP) is 1.72. The smallest absolute Gasteiger partial charge is 0.306 e. The Bertz CT molecular complexity index is 811. The van der Waals surface area contributed by atoms with Gasteiger partial charge in [0.2, 0.25) is 10.0 Å². The van der Waals surface area contributed by atoms with Gasteiger partial charge in [-0.1, -0.05) is 6.07 Å². The predicted molar refractivity (Wildman–Crippen MR) is 80.9 cm³/mol. The third-order valence-electron chi connectivity index (χ3n) is 4.02. The molecule has 1 aliphatic rings. The molecule has 0 unspecified atom stereocenters. The van der Waals surface area contributed by atoms with Crippen LogP contribution in [0.4, 0.5) is 0 Å². The summed E-state index contributed by atoms with van der Waals surface area (Å²) in [7, 11) is -3.59. The molecule has 6 nitrogen and oxygen atoms in total. The first-order valence-corrected chi connectivity index (χ1v) is 8.50. The van der Waals surface area contributed by atoms with Gasteiger partial charge in [0.1, 0.15) is 0 Å². The van der Waals surface area contributed by atoms with Crippen molar-refractivity contribution >= 4 is 26.9 Å². The number of carboxylic acid groups (broad SMARTS) is 1. The van der Waals surface area contributed by atoms with Gasteiger partial charge in [-0.15, -0.1) is 0 Å². The Morgan fingerprint density at radius 3 is 2.64 bits per heavy atom. The molecule has 0 amide bonds. The molecule has 0 aliphatic carbocycles. The van der Waals surface area contributed by atoms with Gasteiger partial charge in [-0.05, 0) is 37.1 Å². The largest absolute Gasteiger partial charge is 0.481 e. The summed E-state index contributed by atoms with van der Waals surface area (Å²) in [5, 5.41) is 9.76. The van der Waals surface area contributed by atoms with Crippen LogP contribution in [0.3, 0.4) is 0 Å². The van der Waals surface area contributed by atoms with Gasteiger partial charge < -0.3 is 5.11 Å². The molecule has 1 aromatic heterocycles. The van der Waals surface area contributed by atoms with Crippen LogP contribution in [-0.2, 0) is 14.8 Å². The highest BCUT2D eigenvalue weighted by Gasteiger charge is 2.32. The van der Waals surface area contributed by atoms with Crippen LogP contribution in [0.15, 0.2) is 41.4 Å². The number of aliphatic carboxylic acids is 1. The molecule has 0 bridgehead atoms. The summed E-state index contributed by atoms with van der Waals surface area (Å²) in [5.74, 6) is -1.30. The highest BCUT2D eigenvalue weighted by Crippen LogP contribution is 2.25. The van der Waals surface area contributed by atoms with E-state index in [0.29, 0.717) is 12.8 Å². The number of benzene rings is 1. The molecule has 7 heteroatoms. The van der Waals surface area contributed by atoms with Crippen LogP contribution in [0.1, 0.15) is 12.8 Å². The van der Waals surface area contributed by atoms with Crippen LogP contribution in [0.2, 0.25) is 0 Å². The van der Waals surface area contributed by atoms with E-state index in [1.807, 2.05) is 6.07 Å². The standard InChI is InChI=1S/C15H16N2O4S/c18-15(19)11-5-8-17(9-6-11)22(20,21)13-3-4-14-12(10-13)2-1-7-16-14/h1-4,7,10-11H,5-6,8-9H2,(H,18,19). The van der Waals surface area contributed by atoms with Gasteiger partial charge >= 0.3 is 5.97 Å². The first-order chi connectivity index (χ1) is 10.5. The van der Waals surface area contributed by atoms with Crippen LogP contribution < -0.4 is 0 Å². The first kappa shape index (κ1) is 14.9. The number of sulfonamides is 1. The number of rotatable bonds is 3. The van der Waals surface area contributed by atoms with Crippen LogP contribution in [0.25, 0.3) is 10.9 Å². The number of hydrogen-bond acceptors (Lipinski definition) is 4. The molecule has 0 saturated carbocycles. The van der Waals surface area contributed by atoms with Gasteiger partial charge in [0.05, 0.1) is 16.3 Å². The number of aromatic nitrogens is 1. The first-order valence-electron chi connectivity index (χ1n) is 7.06. The molecule has 116 valence electrons. The van der Waals surface area contributed by atoms with Crippen molar-refractivity contribution in [3.05, 3.63) is 36.5 Å². The third kappa shape index (κ3) is 2.69. The monoisotopic (exact) mass is 320 g/mol. The Morgan fingerprint density at radius 2 is 1.95 bits per heavy atom. The van der Waals surface area contributed by atoms with E-state index in [0.717, 1.165) is 10.9 Å². The Kier molecular flexibility index (Phi) is 3.84. The molecule has 0 radical (unpaired) electrons. The van der Waals surface area contributed by atoms with Crippen molar-refractivity contribution in [3.8, 4) is 0 Å². The maximum Gasteiger partial charge on any atom is 0.306 e. The summed E-state index contributed by atoms with van der Waals surface area (Å²) in [6.07, 6.45) is 2.36. The number of hydrogen-bond donors (Lipinski definition) is 1. The molecule has 3 rings (SSSR count). The van der Waals surface area contributed by atoms with E-state index >= 15 is 0 Å². The van der Waals surface area contributed by atoms with Gasteiger partial charge in [0, 0.05) is 24.7 Å². The second-order valence-electron chi connectivity index (χ2n) is 5.37. The minimum atomic E-state index is -3.59. The van der Waals surface area contributed by atoms with Crippen LogP contribution in [-0.4, -0.2) is 41.9 Å². The average Bonchev–Trinajstić information content (AvgIpc) is 2.54. The zero-order chi connectivity index (χ0) is 15.7. The lowest BCUT2D eigenvalue weighted by molar-refractivity contribution is -0.142. The summed E-state index contributed by atoms with van der Waals surface area (Å²) >= 11 is 0. The number of fused-ring (bicyclic) bond motifs is 1. The molecule has 1 aliphatic heterocycles. The van der Waals surface area contributed by atoms with Crippen molar-refractivity contribution in [1.82, 2.24) is 9.29 Å². The molecule has 0 spiro atoms. The topological polar surface area (TPSA) is 87.6 Å². The highest BCUT2D eigenvalue weighted by molar-refractivity contribution is 7.89. The number of carboxylic acids is 1. The summed E-state index contributed by atoms with van der Waals surface area (Å²) in [6.45, 7) is 0.481. The van der Waals surface area contributed by atoms with E-state index in [1.165, 1.54) is 4.31 Å². The van der Waals surface area contributed by atoms with Gasteiger partial charge in [0.25, 0.3) is 0 Å². The van der Waals surface area contributed by atoms with E-state index in [9.17, 15) is 13.2 Å². The maximum atomic E-state index is 12.7. The minimum absolute atomic E-state index is 0.224. The molecule has 1 N–H and O–H groups in total. The number of pyridine rings is 1. The lowest BCUT2D eigenvalue weighted by Crippen LogP contribution is -2.40. The second kappa shape index (κ2) is 5.66. The van der Waals surface area contributed by atoms with Crippen LogP contribution in [0.5, 0.6) is 0 Å². The summed E-state index contributed by atoms with van der Waals surface area (Å²) in [6, 6.07) is 8.43. The zero-order valence-corrected chi connectivity index (χ0v) is 12.7. The lowest BCUT2D eigenvalue weighted by Gasteiger charge is -2.29. The Morgan fingerprint density at radius 1 is 1.23 bits per heavy atom. The number of piperidine rings is 1. The van der Waals surface area contributed by atoms with Gasteiger partial charge in [-0.25, -0.2) is 8.42 Å². The summed E-state index contributed by atoms with van der Waals surface area (Å²) in [4.78, 5) is 15.3. The van der Waals surface area contributed by atoms with E-state index in [1.54, 1.807) is 30.5 Å². The molecule has 22 heavy (non-hydrogen) atoms. The fraction of sp³-hybridized carbons (Fsp3) is 0.333. The van der Waals surface area contributed by atoms with E-state index in [2.05, 4.69) is 4.98 Å². The normalized spacial score (nSPS) is 17.6. The lowest BCUT2D eigenvalue weighted by atomic mass is 9.99. The highest BCUT2D eigenvalue weighted by atomic mass is 32.2. The average molecular weight is 320 g/mol. The van der Waals surface area contributed by atoms with Gasteiger partial charge in [-0.2, -0.15) is 4.31 Å². The second-order valence-corrected chi connectivity index (χ2v) is 7.31. The molecule has 0 atom stereocenters. The Balaban J connectivity index is 1.87. The SMILES string of the molecule is O=C(O)C1CCN(S(=O)(=O)c2ccc3ncccc3c2)CC1. The molecule has 1 fully saturated rings. The molecule has 2 heterocycles. The molecular weight excluding hydrogens is 304 g/mol. The molecular formula is C15H16N2O4S. The van der Waals surface area contributed by atoms with Crippen molar-refractivity contribution in [2.75, 3.05) is 13.1 Å². The van der Waals surface area contributed by atoms with Crippen LogP contribution >= 0.6 is 0 Å². The fourth-order valence-electron chi connectivity index (χ4n) is 2.71. The fourth-order valence-corrected chi connectivity index (χ4v) is 4.21. The van der Waals surface area contributed by atoms with Crippen molar-refractivity contribution in [2.45, 2.75) is 17.7 Å². The number of carbonyl (C=O) groups is 1. The Labute approximate surface area is 128 Å². The van der Waals surface area contributed by atoms with E-state index < -0.39 is 21.9 Å². The minimum Gasteiger partial charge on any atom is -0.481 e. The molecule has 2 aromatic rings. The van der Waals surface area contributed by atoms with Crippen molar-refractivity contribution in [2.24, 2.45) is 5.92 Å². The summed E-state index contributed by atoms with van der Waals surface area (Å²) < 4.78 is 26.7. The van der Waals surface area contributed by atoms with Crippen molar-refractivity contribution in [3.63, 3.8) is 0 Å². The number of nitrogens with zero attached hydrogens (tertiary/aromatic N) is 2. The van der Waals surface area contributed by atoms with Crippen molar-refractivity contribution < 1.29 is 18.3 Å². The van der Waals surface area contributed by atoms with E-state index in [4.69, 9.17) is 5.11 Å². The van der Waals surface area contributed by atoms with Crippen molar-refractivity contribution in [1.29, 1.82) is 0 Å². The Hall–Kier alpha value is -1.99. The summed E-state index contributed by atoms with van der Waals surface area (Å²) in [5.41, 5.74) is 0.742. The zero-order valence-electron chi connectivity index (χ0n) is 11.8.